The van der Waals surface area contributed by atoms with Crippen LogP contribution in [-0.2, 0) is 12.8 Å². The fraction of sp³-hybridized carbons (Fsp3) is 0.267. The lowest BCUT2D eigenvalue weighted by molar-refractivity contribution is 0.419. The molecule has 156 valence electrons. The molecule has 31 heavy (non-hydrogen) atoms. The molecule has 0 atom stereocenters. The summed E-state index contributed by atoms with van der Waals surface area (Å²) in [4.78, 5) is 0. The Hall–Kier alpha value is -3.06. The number of methoxy groups -OCH3 is 1. The Morgan fingerprint density at radius 2 is 1.58 bits per heavy atom. The van der Waals surface area contributed by atoms with Crippen LogP contribution in [0.15, 0.2) is 72.8 Å². The van der Waals surface area contributed by atoms with Gasteiger partial charge in [-0.1, -0.05) is 92.9 Å². The Labute approximate surface area is 185 Å². The van der Waals surface area contributed by atoms with Crippen molar-refractivity contribution >= 4 is 10.8 Å². The largest absolute Gasteiger partial charge is 0.496 e. The maximum atomic E-state index is 5.83. The van der Waals surface area contributed by atoms with Gasteiger partial charge in [0.1, 0.15) is 5.75 Å². The number of hydrogen-bond donors (Lipinski definition) is 0. The zero-order chi connectivity index (χ0) is 21.2. The van der Waals surface area contributed by atoms with Crippen LogP contribution in [0.4, 0.5) is 0 Å². The van der Waals surface area contributed by atoms with E-state index >= 15 is 0 Å². The molecular weight excluding hydrogens is 376 g/mol. The van der Waals surface area contributed by atoms with Gasteiger partial charge in [-0.3, -0.25) is 0 Å². The first-order valence-electron chi connectivity index (χ1n) is 11.6. The van der Waals surface area contributed by atoms with Crippen molar-refractivity contribution in [2.45, 2.75) is 45.4 Å². The number of aryl methyl sites for hydroxylation is 1. The smallest absolute Gasteiger partial charge is 0.127 e. The first kappa shape index (κ1) is 19.9. The predicted molar refractivity (Wildman–Crippen MR) is 132 cm³/mol. The van der Waals surface area contributed by atoms with E-state index in [1.54, 1.807) is 7.11 Å². The molecule has 4 aromatic carbocycles. The SMILES string of the molecule is CCCCCCc1ccc(-c2cccc3c(OC)cc4c(c23)-c2ccccc2C4)cc1. The summed E-state index contributed by atoms with van der Waals surface area (Å²) >= 11 is 0. The zero-order valence-corrected chi connectivity index (χ0v) is 18.6. The molecule has 5 rings (SSSR count). The topological polar surface area (TPSA) is 9.23 Å². The zero-order valence-electron chi connectivity index (χ0n) is 18.6. The van der Waals surface area contributed by atoms with Crippen LogP contribution in [0.2, 0.25) is 0 Å². The summed E-state index contributed by atoms with van der Waals surface area (Å²) in [5.41, 5.74) is 9.53. The van der Waals surface area contributed by atoms with E-state index in [1.165, 1.54) is 81.8 Å². The van der Waals surface area contributed by atoms with Crippen molar-refractivity contribution < 1.29 is 4.74 Å². The van der Waals surface area contributed by atoms with Crippen LogP contribution in [0.3, 0.4) is 0 Å². The van der Waals surface area contributed by atoms with Crippen LogP contribution in [-0.4, -0.2) is 7.11 Å². The van der Waals surface area contributed by atoms with E-state index in [0.717, 1.165) is 12.2 Å². The quantitative estimate of drug-likeness (QED) is 0.247. The van der Waals surface area contributed by atoms with E-state index in [2.05, 4.69) is 79.7 Å². The van der Waals surface area contributed by atoms with Crippen molar-refractivity contribution in [3.63, 3.8) is 0 Å². The van der Waals surface area contributed by atoms with Crippen molar-refractivity contribution in [2.24, 2.45) is 0 Å². The molecule has 0 unspecified atom stereocenters. The van der Waals surface area contributed by atoms with E-state index in [1.807, 2.05) is 0 Å². The second-order valence-corrected chi connectivity index (χ2v) is 8.68. The van der Waals surface area contributed by atoms with Gasteiger partial charge in [-0.2, -0.15) is 0 Å². The average molecular weight is 407 g/mol. The van der Waals surface area contributed by atoms with E-state index in [4.69, 9.17) is 4.74 Å². The minimum atomic E-state index is 0.968. The van der Waals surface area contributed by atoms with E-state index in [0.29, 0.717) is 0 Å². The highest BCUT2D eigenvalue weighted by molar-refractivity contribution is 6.11. The van der Waals surface area contributed by atoms with Crippen molar-refractivity contribution in [3.05, 3.63) is 89.5 Å². The van der Waals surface area contributed by atoms with Gasteiger partial charge in [-0.05, 0) is 64.3 Å². The number of rotatable bonds is 7. The number of unbranched alkanes of at least 4 members (excludes halogenated alkanes) is 3. The highest BCUT2D eigenvalue weighted by Crippen LogP contribution is 2.47. The number of hydrogen-bond acceptors (Lipinski definition) is 1. The first-order chi connectivity index (χ1) is 15.3. The van der Waals surface area contributed by atoms with Gasteiger partial charge in [0.05, 0.1) is 7.11 Å². The van der Waals surface area contributed by atoms with Gasteiger partial charge in [-0.15, -0.1) is 0 Å². The van der Waals surface area contributed by atoms with Gasteiger partial charge < -0.3 is 4.74 Å². The number of ether oxygens (including phenoxy) is 1. The van der Waals surface area contributed by atoms with E-state index in [9.17, 15) is 0 Å². The van der Waals surface area contributed by atoms with Gasteiger partial charge in [0, 0.05) is 10.8 Å². The first-order valence-corrected chi connectivity index (χ1v) is 11.6. The third-order valence-corrected chi connectivity index (χ3v) is 6.68. The molecule has 0 saturated heterocycles. The summed E-state index contributed by atoms with van der Waals surface area (Å²) in [6.45, 7) is 2.27. The highest BCUT2D eigenvalue weighted by Gasteiger charge is 2.24. The van der Waals surface area contributed by atoms with Crippen LogP contribution in [0.25, 0.3) is 33.0 Å². The summed E-state index contributed by atoms with van der Waals surface area (Å²) in [6.07, 6.45) is 7.38. The second-order valence-electron chi connectivity index (χ2n) is 8.68. The molecule has 0 radical (unpaired) electrons. The third-order valence-electron chi connectivity index (χ3n) is 6.68. The molecule has 0 aromatic heterocycles. The minimum Gasteiger partial charge on any atom is -0.496 e. The van der Waals surface area contributed by atoms with Gasteiger partial charge >= 0.3 is 0 Å². The molecule has 0 heterocycles. The Balaban J connectivity index is 1.62. The fourth-order valence-electron chi connectivity index (χ4n) is 5.08. The van der Waals surface area contributed by atoms with E-state index in [-0.39, 0.29) is 0 Å². The van der Waals surface area contributed by atoms with Crippen LogP contribution < -0.4 is 4.74 Å². The molecule has 1 aliphatic carbocycles. The molecule has 0 aliphatic heterocycles. The Bertz CT molecular complexity index is 1220. The highest BCUT2D eigenvalue weighted by atomic mass is 16.5. The van der Waals surface area contributed by atoms with Crippen LogP contribution >= 0.6 is 0 Å². The molecule has 1 aliphatic rings. The Morgan fingerprint density at radius 3 is 2.39 bits per heavy atom. The van der Waals surface area contributed by atoms with E-state index < -0.39 is 0 Å². The van der Waals surface area contributed by atoms with Crippen LogP contribution in [0.5, 0.6) is 5.75 Å². The molecule has 0 saturated carbocycles. The lowest BCUT2D eigenvalue weighted by Gasteiger charge is -2.16. The lowest BCUT2D eigenvalue weighted by Crippen LogP contribution is -1.93. The lowest BCUT2D eigenvalue weighted by atomic mass is 9.90. The molecule has 1 heteroatoms. The van der Waals surface area contributed by atoms with Crippen molar-refractivity contribution in [2.75, 3.05) is 7.11 Å². The molecule has 1 nitrogen and oxygen atoms in total. The molecule has 4 aromatic rings. The summed E-state index contributed by atoms with van der Waals surface area (Å²) in [7, 11) is 1.78. The summed E-state index contributed by atoms with van der Waals surface area (Å²) in [6, 6.07) is 26.9. The normalized spacial score (nSPS) is 12.1. The van der Waals surface area contributed by atoms with Crippen LogP contribution in [0.1, 0.15) is 49.3 Å². The molecule has 0 N–H and O–H groups in total. The minimum absolute atomic E-state index is 0.968. The second kappa shape index (κ2) is 8.59. The molecule has 0 amide bonds. The average Bonchev–Trinajstić information content (AvgIpc) is 3.20. The van der Waals surface area contributed by atoms with Gasteiger partial charge in [0.15, 0.2) is 0 Å². The molecule has 0 bridgehead atoms. The van der Waals surface area contributed by atoms with Gasteiger partial charge in [-0.25, -0.2) is 0 Å². The fourth-order valence-corrected chi connectivity index (χ4v) is 5.08. The number of benzene rings is 4. The summed E-state index contributed by atoms with van der Waals surface area (Å²) < 4.78 is 5.83. The molecule has 0 fully saturated rings. The molecular formula is C30H30O. The predicted octanol–water partition coefficient (Wildman–Crippen LogP) is 8.21. The third kappa shape index (κ3) is 3.63. The monoisotopic (exact) mass is 406 g/mol. The van der Waals surface area contributed by atoms with Crippen molar-refractivity contribution in [3.8, 4) is 28.0 Å². The number of fused-ring (bicyclic) bond motifs is 5. The molecule has 0 spiro atoms. The summed E-state index contributed by atoms with van der Waals surface area (Å²) in [5, 5.41) is 2.51. The standard InChI is InChI=1S/C30H30O/c1-3-4-5-6-10-21-15-17-22(18-16-21)25-13-9-14-27-28(31-2)20-24-19-23-11-7-8-12-26(23)29(24)30(25)27/h7-9,11-18,20H,3-6,10,19H2,1-2H3. The van der Waals surface area contributed by atoms with Crippen molar-refractivity contribution in [1.82, 2.24) is 0 Å². The maximum absolute atomic E-state index is 5.83. The maximum Gasteiger partial charge on any atom is 0.127 e. The van der Waals surface area contributed by atoms with Crippen molar-refractivity contribution in [1.29, 1.82) is 0 Å². The van der Waals surface area contributed by atoms with Gasteiger partial charge in [0.25, 0.3) is 0 Å². The Kier molecular flexibility index (Phi) is 5.51. The Morgan fingerprint density at radius 1 is 0.774 bits per heavy atom. The van der Waals surface area contributed by atoms with Crippen LogP contribution in [0, 0.1) is 0 Å². The summed E-state index contributed by atoms with van der Waals surface area (Å²) in [5.74, 6) is 0.968. The van der Waals surface area contributed by atoms with Gasteiger partial charge in [0.2, 0.25) is 0 Å².